The smallest absolute Gasteiger partial charge is 0.0282 e. The zero-order valence-corrected chi connectivity index (χ0v) is 5.42. The van der Waals surface area contributed by atoms with Gasteiger partial charge in [0.05, 0.1) is 0 Å². The molecule has 2 heteroatoms. The third kappa shape index (κ3) is 0.820. The van der Waals surface area contributed by atoms with E-state index in [1.54, 1.807) is 11.3 Å². The van der Waals surface area contributed by atoms with Gasteiger partial charge in [0.25, 0.3) is 0 Å². The molecule has 0 aliphatic rings. The minimum atomic E-state index is 0. The average Bonchev–Trinajstić information content (AvgIpc) is 1.86. The lowest BCUT2D eigenvalue weighted by Crippen LogP contribution is -1.34. The summed E-state index contributed by atoms with van der Waals surface area (Å²) in [7, 11) is 0. The first-order chi connectivity index (χ1) is 2.89. The van der Waals surface area contributed by atoms with Crippen LogP contribution in [0.1, 0.15) is 1.43 Å². The second kappa shape index (κ2) is 1.76. The molecule has 0 aromatic carbocycles. The van der Waals surface area contributed by atoms with Crippen molar-refractivity contribution >= 4 is 27.3 Å². The lowest BCUT2D eigenvalue weighted by Gasteiger charge is -1.62. The van der Waals surface area contributed by atoms with Gasteiger partial charge in [0, 0.05) is 11.3 Å². The molecule has 0 saturated heterocycles. The fourth-order valence-corrected chi connectivity index (χ4v) is 1.39. The first kappa shape index (κ1) is 4.34. The highest BCUT2D eigenvalue weighted by atomic mass is 79.9. The van der Waals surface area contributed by atoms with Gasteiger partial charge in [-0.2, -0.15) is 11.3 Å². The van der Waals surface area contributed by atoms with Gasteiger partial charge in [-0.3, -0.25) is 0 Å². The quantitative estimate of drug-likeness (QED) is 0.554. The van der Waals surface area contributed by atoms with E-state index < -0.39 is 0 Å². The van der Waals surface area contributed by atoms with Crippen LogP contribution >= 0.6 is 27.3 Å². The van der Waals surface area contributed by atoms with Crippen molar-refractivity contribution in [1.29, 1.82) is 0 Å². The van der Waals surface area contributed by atoms with Crippen LogP contribution in [0.3, 0.4) is 0 Å². The van der Waals surface area contributed by atoms with Gasteiger partial charge in [0.1, 0.15) is 0 Å². The first-order valence-corrected chi connectivity index (χ1v) is 3.31. The fraction of sp³-hybridized carbons (Fsp3) is 0. The first-order valence-electron chi connectivity index (χ1n) is 1.57. The highest BCUT2D eigenvalue weighted by Crippen LogP contribution is 2.11. The molecule has 6 heavy (non-hydrogen) atoms. The van der Waals surface area contributed by atoms with E-state index in [1.807, 2.05) is 16.8 Å². The van der Waals surface area contributed by atoms with Crippen LogP contribution in [0.15, 0.2) is 21.3 Å². The van der Waals surface area contributed by atoms with Crippen LogP contribution in [-0.2, 0) is 0 Å². The molecule has 1 heterocycles. The fourth-order valence-electron chi connectivity index (χ4n) is 0.248. The van der Waals surface area contributed by atoms with E-state index in [1.165, 1.54) is 4.47 Å². The van der Waals surface area contributed by atoms with Crippen molar-refractivity contribution in [2.75, 3.05) is 0 Å². The SMILES string of the molecule is Brc1ccsc1.[2H]. The number of rotatable bonds is 0. The van der Waals surface area contributed by atoms with E-state index in [2.05, 4.69) is 15.9 Å². The number of hydrogen-bond donors (Lipinski definition) is 0. The van der Waals surface area contributed by atoms with Gasteiger partial charge in [-0.05, 0) is 27.4 Å². The van der Waals surface area contributed by atoms with Crippen molar-refractivity contribution in [2.24, 2.45) is 0 Å². The zero-order valence-electron chi connectivity index (χ0n) is 4.02. The Morgan fingerprint density at radius 2 is 2.67 bits per heavy atom. The molecule has 0 nitrogen and oxygen atoms in total. The maximum absolute atomic E-state index is 3.29. The molecule has 0 atom stereocenters. The second-order valence-corrected chi connectivity index (χ2v) is 2.64. The molecule has 0 aliphatic heterocycles. The van der Waals surface area contributed by atoms with E-state index in [0.717, 1.165) is 0 Å². The van der Waals surface area contributed by atoms with Crippen LogP contribution in [-0.4, -0.2) is 0 Å². The van der Waals surface area contributed by atoms with Gasteiger partial charge in [0.15, 0.2) is 0 Å². The zero-order chi connectivity index (χ0) is 4.41. The number of thiophene rings is 1. The summed E-state index contributed by atoms with van der Waals surface area (Å²) in [5.41, 5.74) is 0. The molecule has 0 fully saturated rings. The van der Waals surface area contributed by atoms with Crippen LogP contribution in [0.25, 0.3) is 0 Å². The van der Waals surface area contributed by atoms with Gasteiger partial charge in [-0.25, -0.2) is 0 Å². The lowest BCUT2D eigenvalue weighted by atomic mass is 10.7. The molecule has 1 aromatic rings. The Morgan fingerprint density at radius 1 is 1.83 bits per heavy atom. The number of hydrogen-bond acceptors (Lipinski definition) is 1. The third-order valence-corrected chi connectivity index (χ3v) is 1.97. The van der Waals surface area contributed by atoms with Crippen LogP contribution in [0.4, 0.5) is 0 Å². The molecule has 1 rings (SSSR count). The van der Waals surface area contributed by atoms with Crippen LogP contribution < -0.4 is 0 Å². The molecule has 1 radical (unpaired) electrons. The summed E-state index contributed by atoms with van der Waals surface area (Å²) in [5, 5.41) is 4.07. The Labute approximate surface area is 50.4 Å². The van der Waals surface area contributed by atoms with E-state index in [-0.39, 0.29) is 1.43 Å². The molecule has 0 aliphatic carbocycles. The summed E-state index contributed by atoms with van der Waals surface area (Å²) in [6.07, 6.45) is 0. The topological polar surface area (TPSA) is 0 Å². The molecular weight excluding hydrogens is 160 g/mol. The highest BCUT2D eigenvalue weighted by Gasteiger charge is 1.77. The maximum atomic E-state index is 3.29. The van der Waals surface area contributed by atoms with Gasteiger partial charge >= 0.3 is 0 Å². The standard InChI is InChI=1S/C4H3BrS.H/c5-4-1-2-6-3-4;/h1-3H;/i;1+1. The average molecular weight is 165 g/mol. The molecule has 1 aromatic heterocycles. The predicted octanol–water partition coefficient (Wildman–Crippen LogP) is 2.62. The van der Waals surface area contributed by atoms with Crippen molar-refractivity contribution < 1.29 is 1.43 Å². The molecule has 33 valence electrons. The normalized spacial score (nSPS) is 8.83. The largest absolute Gasteiger partial charge is 0.151 e. The summed E-state index contributed by atoms with van der Waals surface area (Å²) in [6, 6.07) is 2.02. The predicted molar refractivity (Wildman–Crippen MR) is 33.1 cm³/mol. The number of halogens is 1. The highest BCUT2D eigenvalue weighted by molar-refractivity contribution is 9.10. The summed E-state index contributed by atoms with van der Waals surface area (Å²) in [5.74, 6) is 0. The lowest BCUT2D eigenvalue weighted by molar-refractivity contribution is 1.90. The molecule has 0 unspecified atom stereocenters. The van der Waals surface area contributed by atoms with Gasteiger partial charge in [-0.1, -0.05) is 0 Å². The molecule has 0 bridgehead atoms. The van der Waals surface area contributed by atoms with Crippen molar-refractivity contribution in [3.05, 3.63) is 21.3 Å². The van der Waals surface area contributed by atoms with Gasteiger partial charge < -0.3 is 0 Å². The second-order valence-electron chi connectivity index (χ2n) is 0.942. The van der Waals surface area contributed by atoms with Crippen LogP contribution in [0.5, 0.6) is 0 Å². The summed E-state index contributed by atoms with van der Waals surface area (Å²) >= 11 is 4.98. The maximum Gasteiger partial charge on any atom is 0.0282 e. The Kier molecular flexibility index (Phi) is 1.27. The Balaban J connectivity index is 0.000000360. The van der Waals surface area contributed by atoms with Crippen LogP contribution in [0, 0.1) is 0 Å². The molecule has 0 saturated carbocycles. The molecular formula is C4H4BrS. The molecule has 0 amide bonds. The van der Waals surface area contributed by atoms with E-state index in [4.69, 9.17) is 0 Å². The van der Waals surface area contributed by atoms with Crippen molar-refractivity contribution in [3.63, 3.8) is 0 Å². The van der Waals surface area contributed by atoms with E-state index in [9.17, 15) is 0 Å². The third-order valence-electron chi connectivity index (χ3n) is 0.486. The van der Waals surface area contributed by atoms with E-state index >= 15 is 0 Å². The Morgan fingerprint density at radius 3 is 2.83 bits per heavy atom. The van der Waals surface area contributed by atoms with Crippen molar-refractivity contribution in [3.8, 4) is 0 Å². The van der Waals surface area contributed by atoms with Crippen molar-refractivity contribution in [1.82, 2.24) is 0 Å². The summed E-state index contributed by atoms with van der Waals surface area (Å²) < 4.78 is 1.17. The summed E-state index contributed by atoms with van der Waals surface area (Å²) in [6.45, 7) is 0. The molecule has 0 spiro atoms. The van der Waals surface area contributed by atoms with Crippen molar-refractivity contribution in [2.45, 2.75) is 0 Å². The van der Waals surface area contributed by atoms with Crippen LogP contribution in [0.2, 0.25) is 0 Å². The molecule has 0 N–H and O–H groups in total. The minimum absolute atomic E-state index is 0. The van der Waals surface area contributed by atoms with Gasteiger partial charge in [-0.15, -0.1) is 0 Å². The Bertz CT molecular complexity index is 115. The van der Waals surface area contributed by atoms with E-state index in [0.29, 0.717) is 0 Å². The Hall–Kier alpha value is 0.180. The monoisotopic (exact) mass is 164 g/mol. The van der Waals surface area contributed by atoms with Gasteiger partial charge in [0.2, 0.25) is 0 Å². The summed E-state index contributed by atoms with van der Waals surface area (Å²) in [4.78, 5) is 0. The minimum Gasteiger partial charge on any atom is -0.151 e.